The molecule has 1 saturated heterocycles. The van der Waals surface area contributed by atoms with E-state index in [2.05, 4.69) is 30.1 Å². The van der Waals surface area contributed by atoms with E-state index in [1.165, 1.54) is 6.42 Å². The number of hydrogen-bond acceptors (Lipinski definition) is 3. The SMILES string of the molecule is CCC(CC#N)N(CC)C1CCNC1. The van der Waals surface area contributed by atoms with E-state index < -0.39 is 0 Å². The molecular weight excluding hydrogens is 174 g/mol. The van der Waals surface area contributed by atoms with Crippen molar-refractivity contribution in [2.24, 2.45) is 0 Å². The predicted molar refractivity (Wildman–Crippen MR) is 58.0 cm³/mol. The minimum absolute atomic E-state index is 0.454. The Labute approximate surface area is 87.1 Å². The number of nitriles is 1. The van der Waals surface area contributed by atoms with Gasteiger partial charge in [-0.05, 0) is 25.9 Å². The van der Waals surface area contributed by atoms with Crippen molar-refractivity contribution in [1.29, 1.82) is 5.26 Å². The number of nitrogens with one attached hydrogen (secondary N) is 1. The molecule has 0 aromatic heterocycles. The average Bonchev–Trinajstić information content (AvgIpc) is 2.71. The predicted octanol–water partition coefficient (Wildman–Crippen LogP) is 1.36. The molecule has 2 atom stereocenters. The Bertz CT molecular complexity index is 191. The summed E-state index contributed by atoms with van der Waals surface area (Å²) in [7, 11) is 0. The van der Waals surface area contributed by atoms with Gasteiger partial charge in [0, 0.05) is 18.6 Å². The zero-order valence-electron chi connectivity index (χ0n) is 9.29. The minimum atomic E-state index is 0.454. The van der Waals surface area contributed by atoms with E-state index in [1.54, 1.807) is 0 Å². The molecule has 2 unspecified atom stereocenters. The quantitative estimate of drug-likeness (QED) is 0.720. The summed E-state index contributed by atoms with van der Waals surface area (Å²) >= 11 is 0. The van der Waals surface area contributed by atoms with Gasteiger partial charge in [0.25, 0.3) is 0 Å². The van der Waals surface area contributed by atoms with Gasteiger partial charge in [-0.3, -0.25) is 4.90 Å². The van der Waals surface area contributed by atoms with Crippen molar-refractivity contribution < 1.29 is 0 Å². The van der Waals surface area contributed by atoms with Crippen LogP contribution in [0.1, 0.15) is 33.1 Å². The summed E-state index contributed by atoms with van der Waals surface area (Å²) in [5.41, 5.74) is 0. The third-order valence-corrected chi connectivity index (χ3v) is 3.14. The summed E-state index contributed by atoms with van der Waals surface area (Å²) in [5, 5.41) is 12.1. The molecular formula is C11H21N3. The van der Waals surface area contributed by atoms with Gasteiger partial charge >= 0.3 is 0 Å². The van der Waals surface area contributed by atoms with Gasteiger partial charge in [-0.1, -0.05) is 13.8 Å². The molecule has 1 rings (SSSR count). The van der Waals surface area contributed by atoms with Gasteiger partial charge in [0.15, 0.2) is 0 Å². The van der Waals surface area contributed by atoms with Crippen molar-refractivity contribution in [3.8, 4) is 6.07 Å². The van der Waals surface area contributed by atoms with E-state index in [-0.39, 0.29) is 0 Å². The van der Waals surface area contributed by atoms with Crippen molar-refractivity contribution in [2.45, 2.75) is 45.2 Å². The first-order chi connectivity index (χ1) is 6.83. The van der Waals surface area contributed by atoms with Crippen LogP contribution in [0, 0.1) is 11.3 Å². The Hall–Kier alpha value is -0.590. The van der Waals surface area contributed by atoms with E-state index >= 15 is 0 Å². The van der Waals surface area contributed by atoms with Crippen LogP contribution in [-0.4, -0.2) is 36.6 Å². The summed E-state index contributed by atoms with van der Waals surface area (Å²) < 4.78 is 0. The van der Waals surface area contributed by atoms with Crippen LogP contribution in [0.2, 0.25) is 0 Å². The molecule has 0 aromatic carbocycles. The van der Waals surface area contributed by atoms with Crippen LogP contribution in [0.3, 0.4) is 0 Å². The lowest BCUT2D eigenvalue weighted by Gasteiger charge is -2.33. The Morgan fingerprint density at radius 1 is 1.57 bits per heavy atom. The van der Waals surface area contributed by atoms with Gasteiger partial charge < -0.3 is 5.32 Å². The van der Waals surface area contributed by atoms with Gasteiger partial charge in [0.1, 0.15) is 0 Å². The third kappa shape index (κ3) is 2.70. The van der Waals surface area contributed by atoms with Gasteiger partial charge in [0.2, 0.25) is 0 Å². The summed E-state index contributed by atoms with van der Waals surface area (Å²) in [6, 6.07) is 3.40. The molecule has 3 heteroatoms. The largest absolute Gasteiger partial charge is 0.315 e. The first kappa shape index (κ1) is 11.5. The molecule has 0 saturated carbocycles. The summed E-state index contributed by atoms with van der Waals surface area (Å²) in [4.78, 5) is 2.49. The standard InChI is InChI=1S/C11H21N3/c1-3-10(5-7-12)14(4-2)11-6-8-13-9-11/h10-11,13H,3-6,8-9H2,1-2H3. The maximum absolute atomic E-state index is 8.76. The molecule has 80 valence electrons. The van der Waals surface area contributed by atoms with Gasteiger partial charge in [-0.25, -0.2) is 0 Å². The molecule has 3 nitrogen and oxygen atoms in total. The summed E-state index contributed by atoms with van der Waals surface area (Å²) in [6.45, 7) is 7.65. The molecule has 1 aliphatic heterocycles. The highest BCUT2D eigenvalue weighted by atomic mass is 15.2. The lowest BCUT2D eigenvalue weighted by Crippen LogP contribution is -2.43. The molecule has 1 N–H and O–H groups in total. The molecule has 0 aliphatic carbocycles. The second-order valence-corrected chi connectivity index (χ2v) is 3.90. The maximum Gasteiger partial charge on any atom is 0.0638 e. The number of nitrogens with zero attached hydrogens (tertiary/aromatic N) is 2. The van der Waals surface area contributed by atoms with Crippen LogP contribution in [0.25, 0.3) is 0 Å². The van der Waals surface area contributed by atoms with E-state index in [1.807, 2.05) is 0 Å². The van der Waals surface area contributed by atoms with Gasteiger partial charge in [-0.2, -0.15) is 5.26 Å². The van der Waals surface area contributed by atoms with Crippen molar-refractivity contribution >= 4 is 0 Å². The zero-order chi connectivity index (χ0) is 10.4. The Morgan fingerprint density at radius 3 is 2.79 bits per heavy atom. The number of rotatable bonds is 5. The molecule has 0 spiro atoms. The fraction of sp³-hybridized carbons (Fsp3) is 0.909. The van der Waals surface area contributed by atoms with Gasteiger partial charge in [-0.15, -0.1) is 0 Å². The van der Waals surface area contributed by atoms with Crippen LogP contribution in [-0.2, 0) is 0 Å². The molecule has 0 aromatic rings. The molecule has 1 heterocycles. The lowest BCUT2D eigenvalue weighted by atomic mass is 10.1. The topological polar surface area (TPSA) is 39.1 Å². The maximum atomic E-state index is 8.76. The molecule has 1 fully saturated rings. The molecule has 14 heavy (non-hydrogen) atoms. The monoisotopic (exact) mass is 195 g/mol. The molecule has 1 aliphatic rings. The van der Waals surface area contributed by atoms with Crippen LogP contribution in [0.5, 0.6) is 0 Å². The zero-order valence-corrected chi connectivity index (χ0v) is 9.29. The fourth-order valence-electron chi connectivity index (χ4n) is 2.34. The lowest BCUT2D eigenvalue weighted by molar-refractivity contribution is 0.149. The molecule has 0 amide bonds. The third-order valence-electron chi connectivity index (χ3n) is 3.14. The highest BCUT2D eigenvalue weighted by molar-refractivity contribution is 4.88. The summed E-state index contributed by atoms with van der Waals surface area (Å²) in [5.74, 6) is 0. The smallest absolute Gasteiger partial charge is 0.0638 e. The van der Waals surface area contributed by atoms with Crippen molar-refractivity contribution in [1.82, 2.24) is 10.2 Å². The van der Waals surface area contributed by atoms with E-state index in [0.717, 1.165) is 26.1 Å². The van der Waals surface area contributed by atoms with E-state index in [9.17, 15) is 0 Å². The summed E-state index contributed by atoms with van der Waals surface area (Å²) in [6.07, 6.45) is 2.98. The molecule has 0 radical (unpaired) electrons. The fourth-order valence-corrected chi connectivity index (χ4v) is 2.34. The highest BCUT2D eigenvalue weighted by Crippen LogP contribution is 2.16. The minimum Gasteiger partial charge on any atom is -0.315 e. The first-order valence-corrected chi connectivity index (χ1v) is 5.66. The molecule has 0 bridgehead atoms. The Balaban J connectivity index is 2.53. The van der Waals surface area contributed by atoms with Crippen LogP contribution in [0.15, 0.2) is 0 Å². The number of likely N-dealkylation sites (N-methyl/N-ethyl adjacent to an activating group) is 1. The highest BCUT2D eigenvalue weighted by Gasteiger charge is 2.25. The Morgan fingerprint density at radius 2 is 2.36 bits per heavy atom. The Kier molecular flexibility index (Phi) is 4.92. The van der Waals surface area contributed by atoms with Crippen LogP contribution in [0.4, 0.5) is 0 Å². The van der Waals surface area contributed by atoms with Crippen LogP contribution < -0.4 is 5.32 Å². The second kappa shape index (κ2) is 6.00. The first-order valence-electron chi connectivity index (χ1n) is 5.66. The second-order valence-electron chi connectivity index (χ2n) is 3.90. The van der Waals surface area contributed by atoms with Crippen molar-refractivity contribution in [2.75, 3.05) is 19.6 Å². The average molecular weight is 195 g/mol. The van der Waals surface area contributed by atoms with Crippen molar-refractivity contribution in [3.05, 3.63) is 0 Å². The van der Waals surface area contributed by atoms with E-state index in [4.69, 9.17) is 5.26 Å². The van der Waals surface area contributed by atoms with Crippen LogP contribution >= 0.6 is 0 Å². The van der Waals surface area contributed by atoms with E-state index in [0.29, 0.717) is 18.5 Å². The normalized spacial score (nSPS) is 23.7. The van der Waals surface area contributed by atoms with Crippen molar-refractivity contribution in [3.63, 3.8) is 0 Å². The van der Waals surface area contributed by atoms with Gasteiger partial charge in [0.05, 0.1) is 12.5 Å². The number of hydrogen-bond donors (Lipinski definition) is 1.